The summed E-state index contributed by atoms with van der Waals surface area (Å²) in [5, 5.41) is 12.1. The Morgan fingerprint density at radius 3 is 2.67 bits per heavy atom. The summed E-state index contributed by atoms with van der Waals surface area (Å²) in [6.45, 7) is 2.28. The number of aliphatic carboxylic acids is 1. The van der Waals surface area contributed by atoms with E-state index < -0.39 is 5.97 Å². The largest absolute Gasteiger partial charge is 0.494 e. The van der Waals surface area contributed by atoms with Gasteiger partial charge in [0.1, 0.15) is 5.75 Å². The van der Waals surface area contributed by atoms with Gasteiger partial charge >= 0.3 is 5.97 Å². The van der Waals surface area contributed by atoms with Crippen molar-refractivity contribution in [3.8, 4) is 5.75 Å². The molecule has 0 bridgehead atoms. The second kappa shape index (κ2) is 8.82. The number of rotatable bonds is 9. The number of carbonyl (C=O) groups is 1. The van der Waals surface area contributed by atoms with Crippen molar-refractivity contribution < 1.29 is 14.6 Å². The summed E-state index contributed by atoms with van der Waals surface area (Å²) in [6, 6.07) is 15.3. The molecule has 1 unspecified atom stereocenters. The van der Waals surface area contributed by atoms with Crippen LogP contribution >= 0.6 is 0 Å². The van der Waals surface area contributed by atoms with Crippen LogP contribution in [0.4, 0.5) is 17.1 Å². The van der Waals surface area contributed by atoms with Crippen LogP contribution in [0.2, 0.25) is 0 Å². The molecule has 0 aliphatic heterocycles. The standard InChI is InChI=1S/C19H24N2O3/c1-14(19(22)23)7-5-6-12-24-16-10-11-17(20)18(13-16)21-15-8-3-2-4-9-15/h2-4,8-11,13-14,21H,5-7,12,20H2,1H3,(H,22,23). The fraction of sp³-hybridized carbons (Fsp3) is 0.316. The summed E-state index contributed by atoms with van der Waals surface area (Å²) in [7, 11) is 0. The van der Waals surface area contributed by atoms with Gasteiger partial charge in [-0.05, 0) is 43.5 Å². The maximum Gasteiger partial charge on any atom is 0.306 e. The third-order valence-electron chi connectivity index (χ3n) is 3.80. The van der Waals surface area contributed by atoms with Crippen molar-refractivity contribution in [3.63, 3.8) is 0 Å². The number of anilines is 3. The van der Waals surface area contributed by atoms with Crippen LogP contribution in [0.5, 0.6) is 5.75 Å². The number of nitrogens with two attached hydrogens (primary N) is 1. The van der Waals surface area contributed by atoms with Gasteiger partial charge in [-0.15, -0.1) is 0 Å². The molecule has 5 heteroatoms. The van der Waals surface area contributed by atoms with Gasteiger partial charge in [0.15, 0.2) is 0 Å². The van der Waals surface area contributed by atoms with Gasteiger partial charge in [0.05, 0.1) is 23.9 Å². The van der Waals surface area contributed by atoms with Crippen molar-refractivity contribution in [2.24, 2.45) is 5.92 Å². The lowest BCUT2D eigenvalue weighted by molar-refractivity contribution is -0.141. The predicted molar refractivity (Wildman–Crippen MR) is 96.7 cm³/mol. The van der Waals surface area contributed by atoms with Gasteiger partial charge in [-0.2, -0.15) is 0 Å². The van der Waals surface area contributed by atoms with E-state index in [1.54, 1.807) is 6.92 Å². The van der Waals surface area contributed by atoms with Crippen LogP contribution in [0.15, 0.2) is 48.5 Å². The van der Waals surface area contributed by atoms with E-state index in [1.165, 1.54) is 0 Å². The Labute approximate surface area is 142 Å². The van der Waals surface area contributed by atoms with E-state index >= 15 is 0 Å². The lowest BCUT2D eigenvalue weighted by Crippen LogP contribution is -2.09. The van der Waals surface area contributed by atoms with Crippen molar-refractivity contribution in [2.75, 3.05) is 17.7 Å². The third kappa shape index (κ3) is 5.50. The fourth-order valence-electron chi connectivity index (χ4n) is 2.28. The Hall–Kier alpha value is -2.69. The smallest absolute Gasteiger partial charge is 0.306 e. The van der Waals surface area contributed by atoms with Gasteiger partial charge in [0, 0.05) is 11.8 Å². The summed E-state index contributed by atoms with van der Waals surface area (Å²) in [6.07, 6.45) is 2.32. The highest BCUT2D eigenvalue weighted by Gasteiger charge is 2.09. The minimum Gasteiger partial charge on any atom is -0.494 e. The highest BCUT2D eigenvalue weighted by molar-refractivity contribution is 5.74. The van der Waals surface area contributed by atoms with Crippen molar-refractivity contribution in [1.29, 1.82) is 0 Å². The van der Waals surface area contributed by atoms with E-state index in [4.69, 9.17) is 15.6 Å². The quantitative estimate of drug-likeness (QED) is 0.472. The van der Waals surface area contributed by atoms with Crippen LogP contribution < -0.4 is 15.8 Å². The Kier molecular flexibility index (Phi) is 6.49. The van der Waals surface area contributed by atoms with Crippen LogP contribution in [0.25, 0.3) is 0 Å². The molecule has 0 fully saturated rings. The monoisotopic (exact) mass is 328 g/mol. The molecule has 0 amide bonds. The van der Waals surface area contributed by atoms with Crippen LogP contribution in [0, 0.1) is 5.92 Å². The molecule has 0 aliphatic rings. The Morgan fingerprint density at radius 1 is 1.21 bits per heavy atom. The lowest BCUT2D eigenvalue weighted by Gasteiger charge is -2.12. The molecule has 1 atom stereocenters. The molecule has 0 saturated heterocycles. The van der Waals surface area contributed by atoms with Gasteiger partial charge in [-0.1, -0.05) is 25.1 Å². The zero-order chi connectivity index (χ0) is 17.4. The first kappa shape index (κ1) is 17.7. The second-order valence-corrected chi connectivity index (χ2v) is 5.82. The van der Waals surface area contributed by atoms with Crippen LogP contribution in [-0.4, -0.2) is 17.7 Å². The molecule has 0 radical (unpaired) electrons. The summed E-state index contributed by atoms with van der Waals surface area (Å²) in [5.74, 6) is -0.303. The van der Waals surface area contributed by atoms with Crippen molar-refractivity contribution >= 4 is 23.0 Å². The lowest BCUT2D eigenvalue weighted by atomic mass is 10.1. The summed E-state index contributed by atoms with van der Waals surface area (Å²) in [5.41, 5.74) is 8.42. The molecular formula is C19H24N2O3. The molecule has 128 valence electrons. The minimum absolute atomic E-state index is 0.303. The van der Waals surface area contributed by atoms with E-state index in [-0.39, 0.29) is 5.92 Å². The van der Waals surface area contributed by atoms with E-state index in [2.05, 4.69) is 5.32 Å². The first-order chi connectivity index (χ1) is 11.6. The average molecular weight is 328 g/mol. The van der Waals surface area contributed by atoms with Gasteiger partial charge in [0.25, 0.3) is 0 Å². The second-order valence-electron chi connectivity index (χ2n) is 5.82. The summed E-state index contributed by atoms with van der Waals surface area (Å²) < 4.78 is 5.74. The molecule has 0 heterocycles. The predicted octanol–water partition coefficient (Wildman–Crippen LogP) is 4.28. The highest BCUT2D eigenvalue weighted by atomic mass is 16.5. The fourth-order valence-corrected chi connectivity index (χ4v) is 2.28. The minimum atomic E-state index is -0.744. The van der Waals surface area contributed by atoms with E-state index in [0.29, 0.717) is 18.7 Å². The number of para-hydroxylation sites is 1. The Morgan fingerprint density at radius 2 is 1.96 bits per heavy atom. The van der Waals surface area contributed by atoms with Crippen LogP contribution in [-0.2, 0) is 4.79 Å². The van der Waals surface area contributed by atoms with Gasteiger partial charge < -0.3 is 20.9 Å². The molecular weight excluding hydrogens is 304 g/mol. The normalized spacial score (nSPS) is 11.7. The number of benzene rings is 2. The number of hydrogen-bond donors (Lipinski definition) is 3. The molecule has 0 saturated carbocycles. The van der Waals surface area contributed by atoms with Crippen LogP contribution in [0.1, 0.15) is 26.2 Å². The summed E-state index contributed by atoms with van der Waals surface area (Å²) >= 11 is 0. The Balaban J connectivity index is 1.83. The number of nitrogen functional groups attached to an aromatic ring is 1. The van der Waals surface area contributed by atoms with Crippen molar-refractivity contribution in [3.05, 3.63) is 48.5 Å². The molecule has 4 N–H and O–H groups in total. The first-order valence-corrected chi connectivity index (χ1v) is 8.13. The van der Waals surface area contributed by atoms with Gasteiger partial charge in [-0.25, -0.2) is 0 Å². The Bertz CT molecular complexity index is 659. The molecule has 0 aromatic heterocycles. The molecule has 5 nitrogen and oxygen atoms in total. The van der Waals surface area contributed by atoms with E-state index in [1.807, 2.05) is 48.5 Å². The summed E-state index contributed by atoms with van der Waals surface area (Å²) in [4.78, 5) is 10.8. The molecule has 0 aliphatic carbocycles. The molecule has 2 aromatic rings. The number of nitrogens with one attached hydrogen (secondary N) is 1. The molecule has 2 rings (SSSR count). The number of hydrogen-bond acceptors (Lipinski definition) is 4. The molecule has 24 heavy (non-hydrogen) atoms. The average Bonchev–Trinajstić information content (AvgIpc) is 2.58. The van der Waals surface area contributed by atoms with E-state index in [0.717, 1.165) is 30.0 Å². The maximum atomic E-state index is 10.8. The zero-order valence-corrected chi connectivity index (χ0v) is 13.9. The van der Waals surface area contributed by atoms with E-state index in [9.17, 15) is 4.79 Å². The van der Waals surface area contributed by atoms with Gasteiger partial charge in [0.2, 0.25) is 0 Å². The maximum absolute atomic E-state index is 10.8. The zero-order valence-electron chi connectivity index (χ0n) is 13.9. The third-order valence-corrected chi connectivity index (χ3v) is 3.80. The van der Waals surface area contributed by atoms with Crippen molar-refractivity contribution in [2.45, 2.75) is 26.2 Å². The first-order valence-electron chi connectivity index (χ1n) is 8.13. The number of unbranched alkanes of at least 4 members (excludes halogenated alkanes) is 1. The van der Waals surface area contributed by atoms with Crippen LogP contribution in [0.3, 0.4) is 0 Å². The number of carboxylic acids is 1. The van der Waals surface area contributed by atoms with Crippen molar-refractivity contribution in [1.82, 2.24) is 0 Å². The molecule has 0 spiro atoms. The topological polar surface area (TPSA) is 84.6 Å². The van der Waals surface area contributed by atoms with Gasteiger partial charge in [-0.3, -0.25) is 4.79 Å². The molecule has 2 aromatic carbocycles. The SMILES string of the molecule is CC(CCCCOc1ccc(N)c(Nc2ccccc2)c1)C(=O)O. The number of carboxylic acid groups (broad SMARTS) is 1. The highest BCUT2D eigenvalue weighted by Crippen LogP contribution is 2.27. The number of ether oxygens (including phenoxy) is 1.